The predicted octanol–water partition coefficient (Wildman–Crippen LogP) is 3.33. The van der Waals surface area contributed by atoms with Gasteiger partial charge < -0.3 is 14.7 Å². The normalized spacial score (nSPS) is 17.6. The Morgan fingerprint density at radius 2 is 2.14 bits per heavy atom. The molecule has 2 N–H and O–H groups in total. The number of halogens is 3. The minimum atomic E-state index is -0.665. The first kappa shape index (κ1) is 25.4. The third-order valence-corrected chi connectivity index (χ3v) is 7.24. The maximum atomic E-state index is 14.5. The zero-order chi connectivity index (χ0) is 25.3. The third kappa shape index (κ3) is 5.29. The van der Waals surface area contributed by atoms with Gasteiger partial charge in [0.2, 0.25) is 11.8 Å². The number of aliphatic hydroxyl groups excluding tert-OH is 1. The number of aromatic nitrogens is 5. The van der Waals surface area contributed by atoms with E-state index in [-0.39, 0.29) is 29.5 Å². The lowest BCUT2D eigenvalue weighted by molar-refractivity contribution is 0.139. The van der Waals surface area contributed by atoms with Crippen molar-refractivity contribution in [3.8, 4) is 17.0 Å². The van der Waals surface area contributed by atoms with E-state index in [1.165, 1.54) is 12.3 Å². The van der Waals surface area contributed by atoms with Crippen LogP contribution in [0.2, 0.25) is 5.02 Å². The summed E-state index contributed by atoms with van der Waals surface area (Å²) in [6, 6.07) is 3.05. The Bertz CT molecular complexity index is 1280. The second-order valence-corrected chi connectivity index (χ2v) is 9.84. The maximum absolute atomic E-state index is 14.5. The molecule has 0 amide bonds. The summed E-state index contributed by atoms with van der Waals surface area (Å²) in [5.41, 5.74) is 2.46. The number of ether oxygens (including phenoxy) is 1. The van der Waals surface area contributed by atoms with Crippen LogP contribution in [0, 0.1) is 25.2 Å². The third-order valence-electron chi connectivity index (χ3n) is 6.23. The Labute approximate surface area is 211 Å². The summed E-state index contributed by atoms with van der Waals surface area (Å²) < 4.78 is 22.3. The zero-order valence-corrected chi connectivity index (χ0v) is 21.2. The number of aromatic amines is 1. The molecule has 1 fully saturated rings. The van der Waals surface area contributed by atoms with E-state index in [2.05, 4.69) is 20.3 Å². The molecule has 1 aliphatic rings. The molecule has 0 radical (unpaired) electrons. The maximum Gasteiger partial charge on any atom is 0.285 e. The molecule has 3 aromatic heterocycles. The fourth-order valence-corrected chi connectivity index (χ4v) is 4.63. The van der Waals surface area contributed by atoms with Crippen molar-refractivity contribution < 1.29 is 14.2 Å². The Kier molecular flexibility index (Phi) is 7.35. The summed E-state index contributed by atoms with van der Waals surface area (Å²) in [6.07, 6.45) is 1.87. The summed E-state index contributed by atoms with van der Waals surface area (Å²) in [5, 5.41) is 20.5. The van der Waals surface area contributed by atoms with E-state index in [1.807, 2.05) is 25.7 Å². The summed E-state index contributed by atoms with van der Waals surface area (Å²) in [5.74, 6) is -0.230. The quantitative estimate of drug-likeness (QED) is 0.343. The van der Waals surface area contributed by atoms with Crippen molar-refractivity contribution in [1.82, 2.24) is 25.0 Å². The van der Waals surface area contributed by atoms with Gasteiger partial charge in [-0.1, -0.05) is 18.5 Å². The van der Waals surface area contributed by atoms with Crippen molar-refractivity contribution in [2.24, 2.45) is 5.41 Å². The van der Waals surface area contributed by atoms with Crippen LogP contribution in [0.4, 0.5) is 10.1 Å². The van der Waals surface area contributed by atoms with Gasteiger partial charge in [-0.2, -0.15) is 19.6 Å². The van der Waals surface area contributed by atoms with E-state index in [9.17, 15) is 14.3 Å². The largest absolute Gasteiger partial charge is 0.472 e. The number of nitrogens with one attached hydrogen (secondary N) is 1. The Balaban J connectivity index is 1.55. The second-order valence-electron chi connectivity index (χ2n) is 9.20. The van der Waals surface area contributed by atoms with E-state index in [0.717, 1.165) is 17.0 Å². The number of nitrogens with zero attached hydrogens (tertiary/aromatic N) is 5. The van der Waals surface area contributed by atoms with Crippen LogP contribution < -0.4 is 15.2 Å². The van der Waals surface area contributed by atoms with Gasteiger partial charge in [-0.05, 0) is 19.4 Å². The number of aliphatic hydroxyl groups is 1. The number of aryl methyl sites for hydroxylation is 1. The monoisotopic (exact) mass is 524 g/mol. The first-order chi connectivity index (χ1) is 16.6. The molecule has 0 aromatic carbocycles. The lowest BCUT2D eigenvalue weighted by Crippen LogP contribution is -2.30. The summed E-state index contributed by atoms with van der Waals surface area (Å²) in [4.78, 5) is 17.6. The fraction of sp³-hybridized carbons (Fsp3) is 0.478. The number of hydrogen-bond acceptors (Lipinski definition) is 7. The van der Waals surface area contributed by atoms with Gasteiger partial charge in [0, 0.05) is 54.2 Å². The molecular formula is C23H27Cl2FN6O3. The Hall–Kier alpha value is -2.69. The van der Waals surface area contributed by atoms with Crippen molar-refractivity contribution in [1.29, 1.82) is 0 Å². The minimum absolute atomic E-state index is 0.0706. The lowest BCUT2D eigenvalue weighted by atomic mass is 9.94. The van der Waals surface area contributed by atoms with E-state index in [0.29, 0.717) is 37.3 Å². The summed E-state index contributed by atoms with van der Waals surface area (Å²) in [6.45, 7) is 7.03. The van der Waals surface area contributed by atoms with Crippen molar-refractivity contribution in [2.75, 3.05) is 30.5 Å². The molecule has 4 rings (SSSR count). The lowest BCUT2D eigenvalue weighted by Gasteiger charge is -2.24. The molecule has 1 aliphatic heterocycles. The number of alkyl halides is 1. The summed E-state index contributed by atoms with van der Waals surface area (Å²) >= 11 is 12.2. The number of rotatable bonds is 8. The van der Waals surface area contributed by atoms with Gasteiger partial charge in [0.05, 0.1) is 30.7 Å². The SMILES string of the molecule is Cc1nn(CC(C)(CO)CCl)c(C)c1-c1cc(F)nc(O[C@@H]2CCN(c3cn[nH]c(=O)c3Cl)C2)c1. The topological polar surface area (TPSA) is 109 Å². The van der Waals surface area contributed by atoms with Gasteiger partial charge in [0.15, 0.2) is 0 Å². The molecule has 0 bridgehead atoms. The van der Waals surface area contributed by atoms with Gasteiger partial charge in [-0.3, -0.25) is 9.48 Å². The molecule has 2 atom stereocenters. The highest BCUT2D eigenvalue weighted by Gasteiger charge is 2.28. The van der Waals surface area contributed by atoms with E-state index in [4.69, 9.17) is 27.9 Å². The van der Waals surface area contributed by atoms with Crippen LogP contribution in [-0.2, 0) is 6.54 Å². The molecule has 0 saturated carbocycles. The molecule has 35 heavy (non-hydrogen) atoms. The van der Waals surface area contributed by atoms with Crippen LogP contribution >= 0.6 is 23.2 Å². The van der Waals surface area contributed by atoms with E-state index in [1.54, 1.807) is 10.7 Å². The van der Waals surface area contributed by atoms with Gasteiger partial charge >= 0.3 is 0 Å². The highest BCUT2D eigenvalue weighted by atomic mass is 35.5. The zero-order valence-electron chi connectivity index (χ0n) is 19.7. The van der Waals surface area contributed by atoms with Crippen molar-refractivity contribution >= 4 is 28.9 Å². The molecule has 12 heteroatoms. The molecule has 0 spiro atoms. The van der Waals surface area contributed by atoms with Crippen molar-refractivity contribution in [3.63, 3.8) is 0 Å². The van der Waals surface area contributed by atoms with Crippen LogP contribution in [0.25, 0.3) is 11.1 Å². The average Bonchev–Trinajstić information content (AvgIpc) is 3.38. The molecular weight excluding hydrogens is 498 g/mol. The van der Waals surface area contributed by atoms with E-state index < -0.39 is 16.9 Å². The van der Waals surface area contributed by atoms with Gasteiger partial charge in [0.25, 0.3) is 5.56 Å². The van der Waals surface area contributed by atoms with Crippen LogP contribution in [0.15, 0.2) is 23.1 Å². The average molecular weight is 525 g/mol. The highest BCUT2D eigenvalue weighted by Crippen LogP contribution is 2.32. The molecule has 188 valence electrons. The molecule has 3 aromatic rings. The van der Waals surface area contributed by atoms with Crippen LogP contribution in [0.1, 0.15) is 24.7 Å². The number of hydrogen-bond donors (Lipinski definition) is 2. The molecule has 1 saturated heterocycles. The van der Waals surface area contributed by atoms with Crippen LogP contribution in [-0.4, -0.2) is 61.7 Å². The Morgan fingerprint density at radius 3 is 2.86 bits per heavy atom. The Morgan fingerprint density at radius 1 is 1.37 bits per heavy atom. The second kappa shape index (κ2) is 10.1. The van der Waals surface area contributed by atoms with Gasteiger partial charge in [0.1, 0.15) is 11.1 Å². The molecule has 4 heterocycles. The molecule has 1 unspecified atom stereocenters. The van der Waals surface area contributed by atoms with Gasteiger partial charge in [-0.25, -0.2) is 5.10 Å². The highest BCUT2D eigenvalue weighted by molar-refractivity contribution is 6.33. The van der Waals surface area contributed by atoms with Gasteiger partial charge in [-0.15, -0.1) is 11.6 Å². The first-order valence-corrected chi connectivity index (χ1v) is 12.1. The minimum Gasteiger partial charge on any atom is -0.472 e. The first-order valence-electron chi connectivity index (χ1n) is 11.2. The standard InChI is InChI=1S/C23H27Cl2FN6O3/c1-13-20(14(2)32(30-13)11-23(3,10-24)12-33)15-6-18(26)28-19(7-15)35-16-4-5-31(9-16)17-8-27-29-22(34)21(17)25/h6-8,16,33H,4-5,9-12H2,1-3H3,(H,29,34)/t16-,23?/m1/s1. The van der Waals surface area contributed by atoms with Crippen LogP contribution in [0.3, 0.4) is 0 Å². The number of pyridine rings is 1. The molecule has 9 nitrogen and oxygen atoms in total. The van der Waals surface area contributed by atoms with E-state index >= 15 is 0 Å². The van der Waals surface area contributed by atoms with Crippen molar-refractivity contribution in [3.05, 3.63) is 51.0 Å². The molecule has 0 aliphatic carbocycles. The number of H-pyrrole nitrogens is 1. The smallest absolute Gasteiger partial charge is 0.285 e. The van der Waals surface area contributed by atoms with Crippen molar-refractivity contribution in [2.45, 2.75) is 39.8 Å². The number of anilines is 1. The fourth-order valence-electron chi connectivity index (χ4n) is 4.25. The summed E-state index contributed by atoms with van der Waals surface area (Å²) in [7, 11) is 0. The van der Waals surface area contributed by atoms with Crippen LogP contribution in [0.5, 0.6) is 5.88 Å². The predicted molar refractivity (Wildman–Crippen MR) is 132 cm³/mol.